The summed E-state index contributed by atoms with van der Waals surface area (Å²) in [5, 5.41) is 0. The van der Waals surface area contributed by atoms with E-state index in [2.05, 4.69) is 67.0 Å². The summed E-state index contributed by atoms with van der Waals surface area (Å²) in [5.41, 5.74) is 3.90. The number of hydrogen-bond donors (Lipinski definition) is 0. The SMILES string of the molecule is CCC1(C)c2ccccc2N2c3nccnc3N3c4ccc(cn4)CC1(C)C32. The van der Waals surface area contributed by atoms with Crippen LogP contribution in [-0.4, -0.2) is 21.1 Å². The third kappa shape index (κ3) is 1.66. The molecule has 2 aromatic heterocycles. The van der Waals surface area contributed by atoms with E-state index in [9.17, 15) is 0 Å². The number of pyridine rings is 1. The Balaban J connectivity index is 1.76. The number of fused-ring (bicyclic) bond motifs is 6. The lowest BCUT2D eigenvalue weighted by Gasteiger charge is -2.59. The molecule has 0 saturated heterocycles. The summed E-state index contributed by atoms with van der Waals surface area (Å²) < 4.78 is 0. The van der Waals surface area contributed by atoms with Crippen LogP contribution in [0.3, 0.4) is 0 Å². The van der Waals surface area contributed by atoms with Crippen molar-refractivity contribution in [3.63, 3.8) is 0 Å². The maximum atomic E-state index is 4.78. The van der Waals surface area contributed by atoms with Crippen LogP contribution in [-0.2, 0) is 11.8 Å². The van der Waals surface area contributed by atoms with Crippen LogP contribution < -0.4 is 9.80 Å². The number of benzene rings is 1. The summed E-state index contributed by atoms with van der Waals surface area (Å²) in [6.45, 7) is 7.20. The van der Waals surface area contributed by atoms with Crippen LogP contribution in [0.15, 0.2) is 55.0 Å². The Labute approximate surface area is 165 Å². The summed E-state index contributed by atoms with van der Waals surface area (Å²) in [7, 11) is 0. The van der Waals surface area contributed by atoms with Crippen LogP contribution >= 0.6 is 0 Å². The van der Waals surface area contributed by atoms with Crippen molar-refractivity contribution in [2.45, 2.75) is 45.2 Å². The first kappa shape index (κ1) is 16.0. The minimum Gasteiger partial charge on any atom is -0.301 e. The Morgan fingerprint density at radius 2 is 1.71 bits per heavy atom. The Kier molecular flexibility index (Phi) is 2.92. The van der Waals surface area contributed by atoms with Gasteiger partial charge in [-0.15, -0.1) is 0 Å². The third-order valence-electron chi connectivity index (χ3n) is 7.53. The van der Waals surface area contributed by atoms with E-state index < -0.39 is 0 Å². The van der Waals surface area contributed by atoms with Crippen LogP contribution in [0, 0.1) is 5.41 Å². The minimum absolute atomic E-state index is 0.0117. The molecule has 4 aliphatic heterocycles. The molecule has 0 saturated carbocycles. The Bertz CT molecular complexity index is 1090. The zero-order chi connectivity index (χ0) is 19.1. The molecular formula is C23H23N5. The van der Waals surface area contributed by atoms with Crippen molar-refractivity contribution in [2.24, 2.45) is 5.41 Å². The second-order valence-electron chi connectivity index (χ2n) is 8.64. The molecule has 0 aliphatic carbocycles. The van der Waals surface area contributed by atoms with E-state index in [1.54, 1.807) is 12.4 Å². The van der Waals surface area contributed by atoms with Crippen molar-refractivity contribution in [1.29, 1.82) is 0 Å². The van der Waals surface area contributed by atoms with Gasteiger partial charge in [0.15, 0.2) is 11.6 Å². The molecule has 0 spiro atoms. The summed E-state index contributed by atoms with van der Waals surface area (Å²) in [4.78, 5) is 19.0. The van der Waals surface area contributed by atoms with Crippen molar-refractivity contribution in [2.75, 3.05) is 9.80 Å². The number of anilines is 4. The molecule has 1 aromatic carbocycles. The molecule has 6 heterocycles. The Morgan fingerprint density at radius 1 is 0.964 bits per heavy atom. The topological polar surface area (TPSA) is 45.2 Å². The first-order valence-electron chi connectivity index (χ1n) is 10.0. The van der Waals surface area contributed by atoms with Gasteiger partial charge in [0.05, 0.1) is 0 Å². The zero-order valence-corrected chi connectivity index (χ0v) is 16.4. The number of hydrogen-bond acceptors (Lipinski definition) is 5. The monoisotopic (exact) mass is 369 g/mol. The average molecular weight is 369 g/mol. The highest BCUT2D eigenvalue weighted by molar-refractivity contribution is 5.86. The maximum absolute atomic E-state index is 4.78. The molecule has 4 aliphatic rings. The molecular weight excluding hydrogens is 346 g/mol. The lowest BCUT2D eigenvalue weighted by molar-refractivity contribution is 0.0998. The highest BCUT2D eigenvalue weighted by atomic mass is 15.5. The van der Waals surface area contributed by atoms with Crippen molar-refractivity contribution in [3.8, 4) is 0 Å². The van der Waals surface area contributed by atoms with E-state index >= 15 is 0 Å². The van der Waals surface area contributed by atoms with E-state index in [1.165, 1.54) is 16.8 Å². The van der Waals surface area contributed by atoms with E-state index in [4.69, 9.17) is 15.0 Å². The number of nitrogens with zero attached hydrogens (tertiary/aromatic N) is 5. The van der Waals surface area contributed by atoms with E-state index in [-0.39, 0.29) is 17.0 Å². The van der Waals surface area contributed by atoms with Crippen molar-refractivity contribution < 1.29 is 0 Å². The molecule has 0 radical (unpaired) electrons. The summed E-state index contributed by atoms with van der Waals surface area (Å²) in [6.07, 6.45) is 7.74. The number of aromatic nitrogens is 3. The Hall–Kier alpha value is -2.95. The molecule has 28 heavy (non-hydrogen) atoms. The molecule has 0 fully saturated rings. The molecule has 3 unspecified atom stereocenters. The molecule has 7 rings (SSSR count). The van der Waals surface area contributed by atoms with Gasteiger partial charge in [-0.3, -0.25) is 4.90 Å². The van der Waals surface area contributed by atoms with Gasteiger partial charge in [-0.1, -0.05) is 45.0 Å². The maximum Gasteiger partial charge on any atom is 0.179 e. The largest absolute Gasteiger partial charge is 0.301 e. The predicted octanol–water partition coefficient (Wildman–Crippen LogP) is 4.73. The second kappa shape index (κ2) is 5.10. The van der Waals surface area contributed by atoms with Crippen LogP contribution in [0.4, 0.5) is 23.1 Å². The minimum atomic E-state index is -0.0454. The lowest BCUT2D eigenvalue weighted by atomic mass is 9.54. The van der Waals surface area contributed by atoms with Gasteiger partial charge < -0.3 is 4.90 Å². The quantitative estimate of drug-likeness (QED) is 0.620. The summed E-state index contributed by atoms with van der Waals surface area (Å²) in [5.74, 6) is 2.77. The summed E-state index contributed by atoms with van der Waals surface area (Å²) >= 11 is 0. The highest BCUT2D eigenvalue weighted by Crippen LogP contribution is 2.63. The predicted molar refractivity (Wildman–Crippen MR) is 110 cm³/mol. The normalized spacial score (nSPS) is 29.0. The number of para-hydroxylation sites is 1. The van der Waals surface area contributed by atoms with Crippen LogP contribution in [0.2, 0.25) is 0 Å². The molecule has 3 aromatic rings. The fourth-order valence-corrected chi connectivity index (χ4v) is 5.77. The van der Waals surface area contributed by atoms with E-state index in [0.717, 1.165) is 30.3 Å². The first-order chi connectivity index (χ1) is 13.6. The molecule has 140 valence electrons. The molecule has 3 atom stereocenters. The fourth-order valence-electron chi connectivity index (χ4n) is 5.77. The van der Waals surface area contributed by atoms with E-state index in [0.29, 0.717) is 0 Å². The lowest BCUT2D eigenvalue weighted by Crippen LogP contribution is -2.63. The standard InChI is InChI=1S/C23H23N5/c1-4-22(2)16-7-5-6-8-17(16)27-19-20(25-12-11-24-19)28-18-10-9-15(14-26-18)13-23(22,3)21(27)28/h5-12,14,21H,4,13H2,1-3H3. The average Bonchev–Trinajstić information content (AvgIpc) is 3.07. The molecule has 0 N–H and O–H groups in total. The van der Waals surface area contributed by atoms with Gasteiger partial charge in [0.25, 0.3) is 0 Å². The van der Waals surface area contributed by atoms with Crippen molar-refractivity contribution >= 4 is 23.1 Å². The smallest absolute Gasteiger partial charge is 0.179 e. The molecule has 2 bridgehead atoms. The fraction of sp³-hybridized carbons (Fsp3) is 0.348. The zero-order valence-electron chi connectivity index (χ0n) is 16.4. The second-order valence-corrected chi connectivity index (χ2v) is 8.64. The number of rotatable bonds is 1. The Morgan fingerprint density at radius 3 is 2.43 bits per heavy atom. The van der Waals surface area contributed by atoms with Crippen molar-refractivity contribution in [3.05, 3.63) is 66.1 Å². The van der Waals surface area contributed by atoms with Gasteiger partial charge >= 0.3 is 0 Å². The molecule has 0 amide bonds. The van der Waals surface area contributed by atoms with Gasteiger partial charge in [-0.05, 0) is 36.1 Å². The van der Waals surface area contributed by atoms with Gasteiger partial charge in [-0.25, -0.2) is 15.0 Å². The molecule has 5 nitrogen and oxygen atoms in total. The van der Waals surface area contributed by atoms with Gasteiger partial charge in [-0.2, -0.15) is 0 Å². The van der Waals surface area contributed by atoms with E-state index in [1.807, 2.05) is 6.20 Å². The molecule has 5 heteroatoms. The van der Waals surface area contributed by atoms with Gasteiger partial charge in [0.2, 0.25) is 0 Å². The van der Waals surface area contributed by atoms with Crippen LogP contribution in [0.5, 0.6) is 0 Å². The summed E-state index contributed by atoms with van der Waals surface area (Å²) in [6, 6.07) is 13.2. The third-order valence-corrected chi connectivity index (χ3v) is 7.53. The van der Waals surface area contributed by atoms with Crippen molar-refractivity contribution in [1.82, 2.24) is 15.0 Å². The first-order valence-corrected chi connectivity index (χ1v) is 10.0. The highest BCUT2D eigenvalue weighted by Gasteiger charge is 2.62. The van der Waals surface area contributed by atoms with Crippen LogP contribution in [0.1, 0.15) is 38.3 Å². The van der Waals surface area contributed by atoms with Gasteiger partial charge in [0.1, 0.15) is 12.0 Å². The van der Waals surface area contributed by atoms with Gasteiger partial charge in [0, 0.05) is 35.1 Å². The van der Waals surface area contributed by atoms with Crippen LogP contribution in [0.25, 0.3) is 0 Å².